The van der Waals surface area contributed by atoms with Crippen molar-refractivity contribution < 1.29 is 27.8 Å². The van der Waals surface area contributed by atoms with Crippen LogP contribution in [0.3, 0.4) is 0 Å². The van der Waals surface area contributed by atoms with E-state index in [2.05, 4.69) is 25.7 Å². The molecule has 3 fully saturated rings. The third kappa shape index (κ3) is 6.32. The molecule has 0 bridgehead atoms. The molecule has 0 amide bonds. The predicted octanol–water partition coefficient (Wildman–Crippen LogP) is 3.74. The van der Waals surface area contributed by atoms with Gasteiger partial charge in [0.2, 0.25) is 17.9 Å². The normalized spacial score (nSPS) is 21.5. The number of carboxylic acids is 1. The lowest BCUT2D eigenvalue weighted by molar-refractivity contribution is -0.198. The molecule has 3 aliphatic rings. The molecule has 3 aromatic rings. The van der Waals surface area contributed by atoms with E-state index in [9.17, 15) is 23.1 Å². The summed E-state index contributed by atoms with van der Waals surface area (Å²) in [6.07, 6.45) is -1.71. The Morgan fingerprint density at radius 1 is 1.16 bits per heavy atom. The molecule has 44 heavy (non-hydrogen) atoms. The molecule has 5 N–H and O–H groups in total. The van der Waals surface area contributed by atoms with Gasteiger partial charge in [-0.3, -0.25) is 4.79 Å². The number of piperidine rings is 2. The minimum absolute atomic E-state index is 0.0846. The van der Waals surface area contributed by atoms with E-state index in [1.165, 1.54) is 16.8 Å². The van der Waals surface area contributed by atoms with E-state index < -0.39 is 24.3 Å². The van der Waals surface area contributed by atoms with Crippen LogP contribution in [0.2, 0.25) is 0 Å². The number of aliphatic carboxylic acids is 1. The van der Waals surface area contributed by atoms with E-state index >= 15 is 0 Å². The first-order valence-corrected chi connectivity index (χ1v) is 15.0. The summed E-state index contributed by atoms with van der Waals surface area (Å²) in [5.41, 5.74) is 7.69. The van der Waals surface area contributed by atoms with Gasteiger partial charge in [0.15, 0.2) is 0 Å². The van der Waals surface area contributed by atoms with Gasteiger partial charge < -0.3 is 31.1 Å². The predicted molar refractivity (Wildman–Crippen MR) is 157 cm³/mol. The lowest BCUT2D eigenvalue weighted by atomic mass is 9.76. The van der Waals surface area contributed by atoms with Crippen LogP contribution in [-0.4, -0.2) is 75.8 Å². The highest BCUT2D eigenvalue weighted by molar-refractivity contribution is 5.74. The Bertz CT molecular complexity index is 1500. The molecule has 236 valence electrons. The second-order valence-electron chi connectivity index (χ2n) is 12.2. The molecule has 5 heterocycles. The fraction of sp³-hybridized carbons (Fsp3) is 0.533. The average molecular weight is 615 g/mol. The first-order valence-electron chi connectivity index (χ1n) is 15.0. The number of anilines is 2. The van der Waals surface area contributed by atoms with Gasteiger partial charge in [-0.05, 0) is 81.1 Å². The van der Waals surface area contributed by atoms with Crippen molar-refractivity contribution in [1.29, 1.82) is 0 Å². The van der Waals surface area contributed by atoms with E-state index in [0.29, 0.717) is 56.1 Å². The number of carboxylic acid groups (broad SMARTS) is 1. The van der Waals surface area contributed by atoms with Crippen LogP contribution in [0.4, 0.5) is 24.9 Å². The number of halogens is 3. The number of benzene rings is 1. The van der Waals surface area contributed by atoms with Crippen LogP contribution in [0.5, 0.6) is 5.88 Å². The third-order valence-corrected chi connectivity index (χ3v) is 9.17. The zero-order valence-electron chi connectivity index (χ0n) is 24.5. The summed E-state index contributed by atoms with van der Waals surface area (Å²) in [6, 6.07) is 7.59. The summed E-state index contributed by atoms with van der Waals surface area (Å²) in [6.45, 7) is 5.20. The number of nitrogens with two attached hydrogens (primary N) is 1. The molecule has 6 rings (SSSR count). The Balaban J connectivity index is 1.28. The zero-order chi connectivity index (χ0) is 31.1. The minimum atomic E-state index is -4.78. The monoisotopic (exact) mass is 614 g/mol. The second kappa shape index (κ2) is 11.9. The van der Waals surface area contributed by atoms with Crippen molar-refractivity contribution in [2.45, 2.75) is 63.3 Å². The van der Waals surface area contributed by atoms with Crippen LogP contribution >= 0.6 is 0 Å². The fourth-order valence-corrected chi connectivity index (χ4v) is 6.70. The maximum absolute atomic E-state index is 14.8. The highest BCUT2D eigenvalue weighted by Crippen LogP contribution is 2.43. The molecule has 14 heteroatoms. The summed E-state index contributed by atoms with van der Waals surface area (Å²) in [4.78, 5) is 21.7. The molecule has 0 unspecified atom stereocenters. The van der Waals surface area contributed by atoms with Gasteiger partial charge in [0.05, 0.1) is 11.4 Å². The first-order chi connectivity index (χ1) is 21.0. The largest absolute Gasteiger partial charge is 0.480 e. The minimum Gasteiger partial charge on any atom is -0.480 e. The number of alkyl halides is 3. The Morgan fingerprint density at radius 2 is 1.91 bits per heavy atom. The standard InChI is InChI=1S/C30H37F3N8O3/c1-18-6-11-41(39-18)23-14-20(19-4-9-35-10-5-19)2-3-21(23)26(30(31,32)33)44-25-15-24(37-28(34)38-25)40-12-7-29(8-13-40)16-22(27(42)43)36-17-29/h2-3,6,11,14-15,19,22,26,35-36H,4-5,7-10,12-13,16-17H2,1H3,(H,42,43)(H2,34,37,38)/t22-,26+/m0/s1. The van der Waals surface area contributed by atoms with Crippen molar-refractivity contribution in [2.24, 2.45) is 5.41 Å². The van der Waals surface area contributed by atoms with Gasteiger partial charge in [0, 0.05) is 37.5 Å². The lowest BCUT2D eigenvalue weighted by Gasteiger charge is -2.39. The van der Waals surface area contributed by atoms with Gasteiger partial charge in [-0.15, -0.1) is 0 Å². The molecule has 11 nitrogen and oxygen atoms in total. The molecule has 3 aliphatic heterocycles. The molecular formula is C30H37F3N8O3. The van der Waals surface area contributed by atoms with Crippen molar-refractivity contribution in [3.05, 3.63) is 53.3 Å². The number of nitrogen functional groups attached to an aromatic ring is 1. The van der Waals surface area contributed by atoms with E-state index in [1.807, 2.05) is 4.90 Å². The average Bonchev–Trinajstić information content (AvgIpc) is 3.62. The molecule has 0 saturated carbocycles. The molecule has 1 aromatic carbocycles. The van der Waals surface area contributed by atoms with Crippen molar-refractivity contribution in [1.82, 2.24) is 30.4 Å². The maximum atomic E-state index is 14.8. The Labute approximate surface area is 253 Å². The van der Waals surface area contributed by atoms with Gasteiger partial charge in [0.25, 0.3) is 0 Å². The number of hydrogen-bond acceptors (Lipinski definition) is 9. The maximum Gasteiger partial charge on any atom is 0.429 e. The van der Waals surface area contributed by atoms with Crippen LogP contribution in [0.15, 0.2) is 36.5 Å². The molecule has 0 aliphatic carbocycles. The molecule has 3 saturated heterocycles. The van der Waals surface area contributed by atoms with Gasteiger partial charge in [-0.25, -0.2) is 4.68 Å². The topological polar surface area (TPSA) is 143 Å². The van der Waals surface area contributed by atoms with Gasteiger partial charge in [-0.2, -0.15) is 28.2 Å². The van der Waals surface area contributed by atoms with E-state index in [1.54, 1.807) is 31.3 Å². The number of rotatable bonds is 7. The summed E-state index contributed by atoms with van der Waals surface area (Å²) in [7, 11) is 0. The fourth-order valence-electron chi connectivity index (χ4n) is 6.70. The van der Waals surface area contributed by atoms with Gasteiger partial charge in [0.1, 0.15) is 11.9 Å². The molecule has 0 radical (unpaired) electrons. The number of carbonyl (C=O) groups is 1. The highest BCUT2D eigenvalue weighted by atomic mass is 19.4. The Hall–Kier alpha value is -3.91. The summed E-state index contributed by atoms with van der Waals surface area (Å²) in [5, 5.41) is 20.2. The van der Waals surface area contributed by atoms with Crippen molar-refractivity contribution in [3.8, 4) is 11.6 Å². The number of aryl methyl sites for hydroxylation is 1. The SMILES string of the molecule is Cc1ccn(-c2cc(C3CCNCC3)ccc2[C@@H](Oc2cc(N3CCC4(CC3)CN[C@H](C(=O)O)C4)nc(N)n2)C(F)(F)F)n1. The van der Waals surface area contributed by atoms with E-state index in [4.69, 9.17) is 10.5 Å². The molecular weight excluding hydrogens is 577 g/mol. The molecule has 2 aromatic heterocycles. The first kappa shape index (κ1) is 30.1. The number of nitrogens with one attached hydrogen (secondary N) is 2. The molecule has 2 atom stereocenters. The van der Waals surface area contributed by atoms with Crippen LogP contribution in [-0.2, 0) is 4.79 Å². The summed E-state index contributed by atoms with van der Waals surface area (Å²) in [5.74, 6) is -0.743. The number of hydrogen-bond donors (Lipinski definition) is 4. The van der Waals surface area contributed by atoms with Crippen LogP contribution < -0.4 is 26.0 Å². The van der Waals surface area contributed by atoms with Gasteiger partial charge in [-0.1, -0.05) is 12.1 Å². The van der Waals surface area contributed by atoms with Crippen molar-refractivity contribution in [3.63, 3.8) is 0 Å². The van der Waals surface area contributed by atoms with Crippen LogP contribution in [0.1, 0.15) is 60.9 Å². The number of nitrogens with zero attached hydrogens (tertiary/aromatic N) is 5. The lowest BCUT2D eigenvalue weighted by Crippen LogP contribution is -2.41. The van der Waals surface area contributed by atoms with E-state index in [0.717, 1.165) is 31.5 Å². The summed E-state index contributed by atoms with van der Waals surface area (Å²) < 4.78 is 51.4. The van der Waals surface area contributed by atoms with Gasteiger partial charge >= 0.3 is 12.1 Å². The number of aromatic nitrogens is 4. The van der Waals surface area contributed by atoms with Crippen LogP contribution in [0.25, 0.3) is 5.69 Å². The zero-order valence-corrected chi connectivity index (χ0v) is 24.5. The Kier molecular flexibility index (Phi) is 8.14. The third-order valence-electron chi connectivity index (χ3n) is 9.17. The number of ether oxygens (including phenoxy) is 1. The van der Waals surface area contributed by atoms with Crippen molar-refractivity contribution in [2.75, 3.05) is 43.4 Å². The second-order valence-corrected chi connectivity index (χ2v) is 12.2. The highest BCUT2D eigenvalue weighted by Gasteiger charge is 2.46. The van der Waals surface area contributed by atoms with Crippen molar-refractivity contribution >= 4 is 17.7 Å². The quantitative estimate of drug-likeness (QED) is 0.311. The summed E-state index contributed by atoms with van der Waals surface area (Å²) >= 11 is 0. The van der Waals surface area contributed by atoms with E-state index in [-0.39, 0.29) is 28.7 Å². The van der Waals surface area contributed by atoms with Crippen LogP contribution in [0, 0.1) is 12.3 Å². The smallest absolute Gasteiger partial charge is 0.429 e. The Morgan fingerprint density at radius 3 is 2.55 bits per heavy atom. The molecule has 1 spiro atoms.